The van der Waals surface area contributed by atoms with Gasteiger partial charge in [0.05, 0.1) is 7.11 Å². The van der Waals surface area contributed by atoms with Crippen LogP contribution < -0.4 is 0 Å². The lowest BCUT2D eigenvalue weighted by molar-refractivity contribution is -0.141. The number of aryl methyl sites for hydroxylation is 1. The van der Waals surface area contributed by atoms with Gasteiger partial charge >= 0.3 is 5.97 Å². The Balaban J connectivity index is 2.89. The molecule has 0 radical (unpaired) electrons. The van der Waals surface area contributed by atoms with Gasteiger partial charge in [-0.1, -0.05) is 6.07 Å². The molecule has 5 heteroatoms. The molecule has 0 aliphatic carbocycles. The smallest absolute Gasteiger partial charge is 0.325 e. The summed E-state index contributed by atoms with van der Waals surface area (Å²) < 4.78 is 4.53. The van der Waals surface area contributed by atoms with Crippen LogP contribution in [0.15, 0.2) is 18.2 Å². The third-order valence-electron chi connectivity index (χ3n) is 2.67. The number of nitrogens with zero attached hydrogens (tertiary/aromatic N) is 1. The van der Waals surface area contributed by atoms with Gasteiger partial charge in [0.2, 0.25) is 0 Å². The Bertz CT molecular complexity index is 456. The van der Waals surface area contributed by atoms with E-state index in [0.717, 1.165) is 0 Å². The number of aromatic hydroxyl groups is 1. The van der Waals surface area contributed by atoms with Gasteiger partial charge in [0, 0.05) is 12.1 Å². The SMILES string of the molecule is CCN(CC(=O)OC)C(=O)c1ccc(C)c(O)c1. The fraction of sp³-hybridized carbons (Fsp3) is 0.385. The van der Waals surface area contributed by atoms with Crippen molar-refractivity contribution in [3.63, 3.8) is 0 Å². The zero-order chi connectivity index (χ0) is 13.7. The Morgan fingerprint density at radius 3 is 2.56 bits per heavy atom. The third kappa shape index (κ3) is 3.23. The molecular weight excluding hydrogens is 234 g/mol. The Kier molecular flexibility index (Phi) is 4.71. The highest BCUT2D eigenvalue weighted by atomic mass is 16.5. The van der Waals surface area contributed by atoms with E-state index in [1.807, 2.05) is 0 Å². The first-order valence-electron chi connectivity index (χ1n) is 5.65. The molecule has 0 saturated carbocycles. The van der Waals surface area contributed by atoms with Crippen molar-refractivity contribution in [2.75, 3.05) is 20.2 Å². The van der Waals surface area contributed by atoms with E-state index in [1.54, 1.807) is 26.0 Å². The molecule has 1 aromatic carbocycles. The lowest BCUT2D eigenvalue weighted by Crippen LogP contribution is -2.36. The Labute approximate surface area is 106 Å². The summed E-state index contributed by atoms with van der Waals surface area (Å²) in [6, 6.07) is 4.68. The highest BCUT2D eigenvalue weighted by Gasteiger charge is 2.18. The van der Waals surface area contributed by atoms with E-state index >= 15 is 0 Å². The third-order valence-corrected chi connectivity index (χ3v) is 2.67. The highest BCUT2D eigenvalue weighted by Crippen LogP contribution is 2.18. The van der Waals surface area contributed by atoms with E-state index < -0.39 is 5.97 Å². The quantitative estimate of drug-likeness (QED) is 0.820. The van der Waals surface area contributed by atoms with Crippen LogP contribution in [-0.4, -0.2) is 42.1 Å². The van der Waals surface area contributed by atoms with Gasteiger partial charge in [-0.15, -0.1) is 0 Å². The number of ether oxygens (including phenoxy) is 1. The van der Waals surface area contributed by atoms with E-state index in [1.165, 1.54) is 18.1 Å². The first kappa shape index (κ1) is 14.0. The van der Waals surface area contributed by atoms with Crippen LogP contribution in [0.3, 0.4) is 0 Å². The molecule has 0 fully saturated rings. The molecule has 0 saturated heterocycles. The van der Waals surface area contributed by atoms with Crippen LogP contribution in [0.2, 0.25) is 0 Å². The largest absolute Gasteiger partial charge is 0.508 e. The number of likely N-dealkylation sites (N-methyl/N-ethyl adjacent to an activating group) is 1. The van der Waals surface area contributed by atoms with Crippen molar-refractivity contribution in [1.29, 1.82) is 0 Å². The van der Waals surface area contributed by atoms with Crippen LogP contribution >= 0.6 is 0 Å². The van der Waals surface area contributed by atoms with E-state index in [9.17, 15) is 14.7 Å². The van der Waals surface area contributed by atoms with Gasteiger partial charge in [-0.3, -0.25) is 9.59 Å². The maximum absolute atomic E-state index is 12.1. The van der Waals surface area contributed by atoms with Crippen LogP contribution in [0.4, 0.5) is 0 Å². The minimum atomic E-state index is -0.471. The predicted octanol–water partition coefficient (Wildman–Crippen LogP) is 1.34. The van der Waals surface area contributed by atoms with E-state index in [-0.39, 0.29) is 18.2 Å². The molecule has 98 valence electrons. The zero-order valence-corrected chi connectivity index (χ0v) is 10.8. The second-order valence-corrected chi connectivity index (χ2v) is 3.90. The van der Waals surface area contributed by atoms with Gasteiger partial charge < -0.3 is 14.7 Å². The summed E-state index contributed by atoms with van der Waals surface area (Å²) in [5.41, 5.74) is 1.05. The molecule has 1 amide bonds. The monoisotopic (exact) mass is 251 g/mol. The van der Waals surface area contributed by atoms with Crippen molar-refractivity contribution in [3.05, 3.63) is 29.3 Å². The molecule has 1 rings (SSSR count). The van der Waals surface area contributed by atoms with Crippen molar-refractivity contribution < 1.29 is 19.4 Å². The number of benzene rings is 1. The van der Waals surface area contributed by atoms with Crippen molar-refractivity contribution in [2.45, 2.75) is 13.8 Å². The standard InChI is InChI=1S/C13H17NO4/c1-4-14(8-12(16)18-3)13(17)10-6-5-9(2)11(15)7-10/h5-7,15H,4,8H2,1-3H3. The van der Waals surface area contributed by atoms with Crippen LogP contribution in [0.1, 0.15) is 22.8 Å². The number of hydrogen-bond donors (Lipinski definition) is 1. The maximum atomic E-state index is 12.1. The van der Waals surface area contributed by atoms with Crippen molar-refractivity contribution in [2.24, 2.45) is 0 Å². The molecule has 1 N–H and O–H groups in total. The Hall–Kier alpha value is -2.04. The van der Waals surface area contributed by atoms with Crippen LogP contribution in [0.5, 0.6) is 5.75 Å². The lowest BCUT2D eigenvalue weighted by atomic mass is 10.1. The molecule has 0 atom stereocenters. The van der Waals surface area contributed by atoms with Crippen molar-refractivity contribution in [3.8, 4) is 5.75 Å². The first-order chi connectivity index (χ1) is 8.49. The zero-order valence-electron chi connectivity index (χ0n) is 10.8. The van der Waals surface area contributed by atoms with Crippen molar-refractivity contribution in [1.82, 2.24) is 4.90 Å². The van der Waals surface area contributed by atoms with Crippen LogP contribution in [0.25, 0.3) is 0 Å². The molecule has 0 aliphatic rings. The molecule has 18 heavy (non-hydrogen) atoms. The summed E-state index contributed by atoms with van der Waals surface area (Å²) in [5.74, 6) is -0.713. The average molecular weight is 251 g/mol. The minimum Gasteiger partial charge on any atom is -0.508 e. The Morgan fingerprint density at radius 2 is 2.06 bits per heavy atom. The van der Waals surface area contributed by atoms with E-state index in [2.05, 4.69) is 4.74 Å². The molecule has 0 unspecified atom stereocenters. The maximum Gasteiger partial charge on any atom is 0.325 e. The number of methoxy groups -OCH3 is 1. The summed E-state index contributed by atoms with van der Waals surface area (Å²) >= 11 is 0. The molecule has 0 aromatic heterocycles. The van der Waals surface area contributed by atoms with Crippen molar-refractivity contribution >= 4 is 11.9 Å². The van der Waals surface area contributed by atoms with Crippen LogP contribution in [-0.2, 0) is 9.53 Å². The van der Waals surface area contributed by atoms with E-state index in [0.29, 0.717) is 17.7 Å². The average Bonchev–Trinajstić information content (AvgIpc) is 2.38. The molecule has 0 aliphatic heterocycles. The Morgan fingerprint density at radius 1 is 1.39 bits per heavy atom. The fourth-order valence-corrected chi connectivity index (χ4v) is 1.47. The van der Waals surface area contributed by atoms with Gasteiger partial charge in [-0.25, -0.2) is 0 Å². The van der Waals surface area contributed by atoms with Gasteiger partial charge in [0.1, 0.15) is 12.3 Å². The number of carbonyl (C=O) groups is 2. The summed E-state index contributed by atoms with van der Waals surface area (Å²) in [7, 11) is 1.28. The molecule has 1 aromatic rings. The summed E-state index contributed by atoms with van der Waals surface area (Å²) in [5, 5.41) is 9.57. The van der Waals surface area contributed by atoms with Crippen LogP contribution in [0, 0.1) is 6.92 Å². The minimum absolute atomic E-state index is 0.0648. The number of phenols is 1. The summed E-state index contributed by atoms with van der Waals surface area (Å²) in [6.45, 7) is 3.81. The van der Waals surface area contributed by atoms with Gasteiger partial charge in [0.15, 0.2) is 0 Å². The second kappa shape index (κ2) is 6.05. The lowest BCUT2D eigenvalue weighted by Gasteiger charge is -2.19. The number of amides is 1. The molecule has 0 spiro atoms. The predicted molar refractivity (Wildman–Crippen MR) is 66.4 cm³/mol. The molecule has 0 bridgehead atoms. The molecule has 5 nitrogen and oxygen atoms in total. The highest BCUT2D eigenvalue weighted by molar-refractivity contribution is 5.96. The van der Waals surface area contributed by atoms with Gasteiger partial charge in [-0.2, -0.15) is 0 Å². The molecular formula is C13H17NO4. The number of carbonyl (C=O) groups excluding carboxylic acids is 2. The number of rotatable bonds is 4. The fourth-order valence-electron chi connectivity index (χ4n) is 1.47. The van der Waals surface area contributed by atoms with E-state index in [4.69, 9.17) is 0 Å². The topological polar surface area (TPSA) is 66.8 Å². The number of esters is 1. The molecule has 0 heterocycles. The number of hydrogen-bond acceptors (Lipinski definition) is 4. The number of phenolic OH excluding ortho intramolecular Hbond substituents is 1. The van der Waals surface area contributed by atoms with Gasteiger partial charge in [-0.05, 0) is 31.5 Å². The normalized spacial score (nSPS) is 9.94. The first-order valence-corrected chi connectivity index (χ1v) is 5.65. The summed E-state index contributed by atoms with van der Waals surface area (Å²) in [4.78, 5) is 24.6. The second-order valence-electron chi connectivity index (χ2n) is 3.90. The van der Waals surface area contributed by atoms with Gasteiger partial charge in [0.25, 0.3) is 5.91 Å². The summed E-state index contributed by atoms with van der Waals surface area (Å²) in [6.07, 6.45) is 0.